The second-order valence-corrected chi connectivity index (χ2v) is 10.3. The Labute approximate surface area is 228 Å². The summed E-state index contributed by atoms with van der Waals surface area (Å²) in [4.78, 5) is 31.8. The number of piperidine rings is 1. The van der Waals surface area contributed by atoms with Crippen molar-refractivity contribution in [2.75, 3.05) is 20.2 Å². The minimum atomic E-state index is -0.887. The van der Waals surface area contributed by atoms with E-state index in [2.05, 4.69) is 46.3 Å². The zero-order valence-corrected chi connectivity index (χ0v) is 22.3. The lowest BCUT2D eigenvalue weighted by Gasteiger charge is -2.38. The van der Waals surface area contributed by atoms with Crippen LogP contribution in [0.4, 0.5) is 4.79 Å². The molecule has 3 aromatic carbocycles. The van der Waals surface area contributed by atoms with Crippen molar-refractivity contribution < 1.29 is 14.6 Å². The first-order chi connectivity index (χ1) is 19.0. The fraction of sp³-hybridized carbons (Fsp3) is 0.355. The highest BCUT2D eigenvalue weighted by atomic mass is 16.5. The number of carboxylic acid groups (broad SMARTS) is 1. The SMILES string of the molecule is COc1cccc(CN(CCC[C@H]2CC(n3c(=O)[nH]c4ccccc43)CCN2C(=O)O)Cc2ccccc2)c1. The van der Waals surface area contributed by atoms with Crippen LogP contribution in [0.1, 0.15) is 42.9 Å². The smallest absolute Gasteiger partial charge is 0.407 e. The molecule has 0 radical (unpaired) electrons. The lowest BCUT2D eigenvalue weighted by molar-refractivity contribution is 0.0853. The fourth-order valence-corrected chi connectivity index (χ4v) is 5.86. The number of nitrogens with one attached hydrogen (secondary N) is 1. The van der Waals surface area contributed by atoms with Crippen molar-refractivity contribution in [1.29, 1.82) is 0 Å². The van der Waals surface area contributed by atoms with Crippen LogP contribution in [0.25, 0.3) is 11.0 Å². The Morgan fingerprint density at radius 2 is 1.77 bits per heavy atom. The van der Waals surface area contributed by atoms with Gasteiger partial charge in [0.1, 0.15) is 5.75 Å². The second kappa shape index (κ2) is 12.2. The highest BCUT2D eigenvalue weighted by molar-refractivity contribution is 5.75. The molecule has 204 valence electrons. The number of methoxy groups -OCH3 is 1. The van der Waals surface area contributed by atoms with Crippen LogP contribution in [0, 0.1) is 0 Å². The molecule has 5 rings (SSSR count). The maximum absolute atomic E-state index is 12.8. The van der Waals surface area contributed by atoms with E-state index in [4.69, 9.17) is 4.74 Å². The topological polar surface area (TPSA) is 90.8 Å². The molecule has 0 spiro atoms. The van der Waals surface area contributed by atoms with Crippen LogP contribution in [-0.2, 0) is 13.1 Å². The molecule has 1 fully saturated rings. The predicted molar refractivity (Wildman–Crippen MR) is 152 cm³/mol. The van der Waals surface area contributed by atoms with Crippen molar-refractivity contribution in [3.63, 3.8) is 0 Å². The molecule has 8 nitrogen and oxygen atoms in total. The zero-order valence-electron chi connectivity index (χ0n) is 22.3. The van der Waals surface area contributed by atoms with Crippen molar-refractivity contribution in [3.8, 4) is 5.75 Å². The number of para-hydroxylation sites is 2. The Hall–Kier alpha value is -4.04. The summed E-state index contributed by atoms with van der Waals surface area (Å²) < 4.78 is 7.24. The summed E-state index contributed by atoms with van der Waals surface area (Å²) in [5.41, 5.74) is 3.98. The van der Waals surface area contributed by atoms with Gasteiger partial charge in [0, 0.05) is 31.7 Å². The molecule has 1 aromatic heterocycles. The first-order valence-corrected chi connectivity index (χ1v) is 13.6. The van der Waals surface area contributed by atoms with E-state index >= 15 is 0 Å². The van der Waals surface area contributed by atoms with Gasteiger partial charge in [-0.1, -0.05) is 54.6 Å². The Kier molecular flexibility index (Phi) is 8.32. The molecule has 1 unspecified atom stereocenters. The first-order valence-electron chi connectivity index (χ1n) is 13.6. The predicted octanol–water partition coefficient (Wildman–Crippen LogP) is 5.50. The number of likely N-dealkylation sites (tertiary alicyclic amines) is 1. The van der Waals surface area contributed by atoms with Gasteiger partial charge in [-0.25, -0.2) is 9.59 Å². The van der Waals surface area contributed by atoms with Crippen LogP contribution in [0.3, 0.4) is 0 Å². The standard InChI is InChI=1S/C31H36N4O4/c1-39-27-13-7-11-24(19-27)22-33(21-23-9-3-2-4-10-23)17-8-12-25-20-26(16-18-34(25)31(37)38)35-29-15-6-5-14-28(29)32-30(35)36/h2-7,9-11,13-15,19,25-26H,8,12,16-18,20-22H2,1H3,(H,32,36)(H,37,38)/t25-,26?/m0/s1. The number of carbonyl (C=O) groups is 1. The van der Waals surface area contributed by atoms with Gasteiger partial charge < -0.3 is 19.7 Å². The van der Waals surface area contributed by atoms with Crippen molar-refractivity contribution >= 4 is 17.1 Å². The third-order valence-electron chi connectivity index (χ3n) is 7.72. The molecular weight excluding hydrogens is 492 g/mol. The normalized spacial score (nSPS) is 17.5. The number of amides is 1. The van der Waals surface area contributed by atoms with Gasteiger partial charge in [-0.3, -0.25) is 9.47 Å². The lowest BCUT2D eigenvalue weighted by Crippen LogP contribution is -2.47. The van der Waals surface area contributed by atoms with Crippen LogP contribution >= 0.6 is 0 Å². The average molecular weight is 529 g/mol. The number of aromatic nitrogens is 2. The minimum Gasteiger partial charge on any atom is -0.497 e. The van der Waals surface area contributed by atoms with Gasteiger partial charge in [-0.15, -0.1) is 0 Å². The number of rotatable bonds is 10. The van der Waals surface area contributed by atoms with Crippen LogP contribution in [0.15, 0.2) is 83.7 Å². The maximum atomic E-state index is 12.8. The van der Waals surface area contributed by atoms with Crippen molar-refractivity contribution in [3.05, 3.63) is 100 Å². The largest absolute Gasteiger partial charge is 0.497 e. The number of H-pyrrole nitrogens is 1. The number of hydrogen-bond donors (Lipinski definition) is 2. The summed E-state index contributed by atoms with van der Waals surface area (Å²) in [7, 11) is 1.68. The molecule has 1 aliphatic heterocycles. The molecular formula is C31H36N4O4. The number of ether oxygens (including phenoxy) is 1. The average Bonchev–Trinajstić information content (AvgIpc) is 3.29. The molecule has 1 saturated heterocycles. The van der Waals surface area contributed by atoms with Crippen molar-refractivity contribution in [1.82, 2.24) is 19.4 Å². The van der Waals surface area contributed by atoms with Gasteiger partial charge >= 0.3 is 11.8 Å². The van der Waals surface area contributed by atoms with E-state index in [1.165, 1.54) is 11.1 Å². The number of imidazole rings is 1. The highest BCUT2D eigenvalue weighted by Crippen LogP contribution is 2.31. The molecule has 0 aliphatic carbocycles. The summed E-state index contributed by atoms with van der Waals surface area (Å²) in [6.07, 6.45) is 1.95. The molecule has 1 aliphatic rings. The second-order valence-electron chi connectivity index (χ2n) is 10.3. The Morgan fingerprint density at radius 3 is 2.56 bits per heavy atom. The van der Waals surface area contributed by atoms with Crippen LogP contribution in [0.2, 0.25) is 0 Å². The van der Waals surface area contributed by atoms with Gasteiger partial charge in [0.15, 0.2) is 0 Å². The molecule has 1 amide bonds. The van der Waals surface area contributed by atoms with E-state index in [0.29, 0.717) is 19.4 Å². The molecule has 2 atom stereocenters. The molecule has 0 saturated carbocycles. The maximum Gasteiger partial charge on any atom is 0.407 e. The van der Waals surface area contributed by atoms with Crippen molar-refractivity contribution in [2.24, 2.45) is 0 Å². The van der Waals surface area contributed by atoms with Crippen molar-refractivity contribution in [2.45, 2.75) is 50.9 Å². The summed E-state index contributed by atoms with van der Waals surface area (Å²) in [6.45, 7) is 2.83. The molecule has 39 heavy (non-hydrogen) atoms. The lowest BCUT2D eigenvalue weighted by atomic mass is 9.93. The van der Waals surface area contributed by atoms with Crippen LogP contribution in [-0.4, -0.2) is 56.8 Å². The molecule has 4 aromatic rings. The minimum absolute atomic E-state index is 0.0357. The quantitative estimate of drug-likeness (QED) is 0.284. The van der Waals surface area contributed by atoms with E-state index in [0.717, 1.165) is 49.3 Å². The van der Waals surface area contributed by atoms with Gasteiger partial charge in [-0.05, 0) is 67.6 Å². The molecule has 8 heteroatoms. The Morgan fingerprint density at radius 1 is 1.03 bits per heavy atom. The fourth-order valence-electron chi connectivity index (χ4n) is 5.86. The number of fused-ring (bicyclic) bond motifs is 1. The number of aromatic amines is 1. The summed E-state index contributed by atoms with van der Waals surface area (Å²) in [5.74, 6) is 0.838. The van der Waals surface area contributed by atoms with E-state index in [-0.39, 0.29) is 17.8 Å². The van der Waals surface area contributed by atoms with Gasteiger partial charge in [0.25, 0.3) is 0 Å². The van der Waals surface area contributed by atoms with Gasteiger partial charge in [-0.2, -0.15) is 0 Å². The number of hydrogen-bond acceptors (Lipinski definition) is 4. The zero-order chi connectivity index (χ0) is 27.2. The van der Waals surface area contributed by atoms with E-state index in [1.807, 2.05) is 47.0 Å². The first kappa shape index (κ1) is 26.6. The van der Waals surface area contributed by atoms with Crippen LogP contribution in [0.5, 0.6) is 5.75 Å². The van der Waals surface area contributed by atoms with E-state index < -0.39 is 6.09 Å². The third-order valence-corrected chi connectivity index (χ3v) is 7.72. The third kappa shape index (κ3) is 6.34. The monoisotopic (exact) mass is 528 g/mol. The van der Waals surface area contributed by atoms with Gasteiger partial charge in [0.05, 0.1) is 18.1 Å². The highest BCUT2D eigenvalue weighted by Gasteiger charge is 2.33. The number of benzene rings is 3. The summed E-state index contributed by atoms with van der Waals surface area (Å²) in [6, 6.07) is 26.0. The summed E-state index contributed by atoms with van der Waals surface area (Å²) >= 11 is 0. The van der Waals surface area contributed by atoms with E-state index in [1.54, 1.807) is 12.0 Å². The van der Waals surface area contributed by atoms with Gasteiger partial charge in [0.2, 0.25) is 0 Å². The molecule has 2 heterocycles. The Bertz CT molecular complexity index is 1450. The summed E-state index contributed by atoms with van der Waals surface area (Å²) in [5, 5.41) is 9.93. The Balaban J connectivity index is 1.29. The molecule has 0 bridgehead atoms. The van der Waals surface area contributed by atoms with Crippen LogP contribution < -0.4 is 10.4 Å². The molecule has 2 N–H and O–H groups in total. The van der Waals surface area contributed by atoms with E-state index in [9.17, 15) is 14.7 Å². The number of nitrogens with zero attached hydrogens (tertiary/aromatic N) is 3.